The van der Waals surface area contributed by atoms with Crippen molar-refractivity contribution in [3.8, 4) is 11.5 Å². The Kier molecular flexibility index (Phi) is 7.75. The largest absolute Gasteiger partial charge is 0.485 e. The monoisotopic (exact) mass is 367 g/mol. The third-order valence-corrected chi connectivity index (χ3v) is 4.56. The summed E-state index contributed by atoms with van der Waals surface area (Å²) in [6.07, 6.45) is 17.5. The van der Waals surface area contributed by atoms with E-state index < -0.39 is 0 Å². The lowest BCUT2D eigenvalue weighted by Gasteiger charge is -2.16. The smallest absolute Gasteiger partial charge is 0.162 e. The molecule has 2 aliphatic rings. The lowest BCUT2D eigenvalue weighted by molar-refractivity contribution is 0.291. The number of nitrogens with one attached hydrogen (secondary N) is 1. The molecule has 0 unspecified atom stereocenters. The van der Waals surface area contributed by atoms with Crippen LogP contribution >= 0.6 is 0 Å². The highest BCUT2D eigenvalue weighted by atomic mass is 16.5. The molecule has 3 rings (SSSR count). The highest BCUT2D eigenvalue weighted by molar-refractivity contribution is 5.44. The molecule has 0 fully saturated rings. The summed E-state index contributed by atoms with van der Waals surface area (Å²) in [5.74, 6) is 1.53. The summed E-state index contributed by atoms with van der Waals surface area (Å²) in [5.41, 5.74) is 3.52. The quantitative estimate of drug-likeness (QED) is 0.612. The number of hydrogen-bond acceptors (Lipinski definition) is 4. The van der Waals surface area contributed by atoms with Crippen molar-refractivity contribution in [1.29, 1.82) is 0 Å². The Hall–Kier alpha value is -2.30. The molecule has 0 bridgehead atoms. The summed E-state index contributed by atoms with van der Waals surface area (Å²) >= 11 is 0. The van der Waals surface area contributed by atoms with Gasteiger partial charge in [0.05, 0.1) is 6.61 Å². The van der Waals surface area contributed by atoms with Gasteiger partial charge in [0.15, 0.2) is 11.5 Å². The van der Waals surface area contributed by atoms with Crippen LogP contribution in [0.5, 0.6) is 11.5 Å². The van der Waals surface area contributed by atoms with E-state index in [-0.39, 0.29) is 6.61 Å². The second-order valence-electron chi connectivity index (χ2n) is 6.78. The second-order valence-corrected chi connectivity index (χ2v) is 6.78. The first-order valence-electron chi connectivity index (χ1n) is 9.76. The molecule has 0 heterocycles. The Morgan fingerprint density at radius 1 is 0.852 bits per heavy atom. The van der Waals surface area contributed by atoms with E-state index in [1.807, 2.05) is 18.2 Å². The van der Waals surface area contributed by atoms with Gasteiger partial charge in [0.2, 0.25) is 0 Å². The normalized spacial score (nSPS) is 16.0. The van der Waals surface area contributed by atoms with Crippen molar-refractivity contribution in [1.82, 2.24) is 5.32 Å². The van der Waals surface area contributed by atoms with Crippen molar-refractivity contribution in [2.75, 3.05) is 26.4 Å². The van der Waals surface area contributed by atoms with Gasteiger partial charge in [0.1, 0.15) is 13.2 Å². The van der Waals surface area contributed by atoms with Gasteiger partial charge < -0.3 is 19.9 Å². The molecule has 0 aromatic heterocycles. The number of hydrogen-bond donors (Lipinski definition) is 2. The Bertz CT molecular complexity index is 731. The van der Waals surface area contributed by atoms with Crippen LogP contribution in [0, 0.1) is 0 Å². The lowest BCUT2D eigenvalue weighted by Crippen LogP contribution is -2.17. The number of ether oxygens (including phenoxy) is 2. The van der Waals surface area contributed by atoms with Gasteiger partial charge in [-0.1, -0.05) is 42.5 Å². The summed E-state index contributed by atoms with van der Waals surface area (Å²) < 4.78 is 12.2. The molecular formula is C23H29NO3. The molecule has 27 heavy (non-hydrogen) atoms. The maximum Gasteiger partial charge on any atom is 0.162 e. The zero-order chi connectivity index (χ0) is 18.7. The van der Waals surface area contributed by atoms with Gasteiger partial charge in [0.25, 0.3) is 0 Å². The SMILES string of the molecule is OCCNCc1ccc(OCC2=CCCC=C2)c(OCC2=CCCC=C2)c1. The first kappa shape index (κ1) is 19.5. The molecule has 0 aliphatic heterocycles. The third-order valence-electron chi connectivity index (χ3n) is 4.56. The standard InChI is InChI=1S/C23H29NO3/c25-14-13-24-16-21-11-12-22(26-17-19-7-3-1-4-8-19)23(15-21)27-18-20-9-5-2-6-10-20/h3,5,7-12,15,24-25H,1-2,4,6,13-14,16-18H2. The topological polar surface area (TPSA) is 50.7 Å². The maximum atomic E-state index is 8.93. The van der Waals surface area contributed by atoms with Gasteiger partial charge in [-0.2, -0.15) is 0 Å². The zero-order valence-corrected chi connectivity index (χ0v) is 15.8. The van der Waals surface area contributed by atoms with Gasteiger partial charge in [0, 0.05) is 13.1 Å². The molecule has 0 atom stereocenters. The minimum atomic E-state index is 0.133. The molecule has 1 aromatic carbocycles. The predicted molar refractivity (Wildman–Crippen MR) is 109 cm³/mol. The fourth-order valence-corrected chi connectivity index (χ4v) is 3.08. The molecule has 2 aliphatic carbocycles. The van der Waals surface area contributed by atoms with E-state index in [0.717, 1.165) is 42.7 Å². The molecule has 0 radical (unpaired) electrons. The van der Waals surface area contributed by atoms with Crippen molar-refractivity contribution < 1.29 is 14.6 Å². The van der Waals surface area contributed by atoms with E-state index in [0.29, 0.717) is 26.3 Å². The average molecular weight is 367 g/mol. The molecule has 144 valence electrons. The Labute approximate surface area is 161 Å². The average Bonchev–Trinajstić information content (AvgIpc) is 2.73. The van der Waals surface area contributed by atoms with Crippen LogP contribution in [0.2, 0.25) is 0 Å². The van der Waals surface area contributed by atoms with Crippen LogP contribution < -0.4 is 14.8 Å². The lowest BCUT2D eigenvalue weighted by atomic mass is 10.1. The highest BCUT2D eigenvalue weighted by Crippen LogP contribution is 2.30. The molecule has 4 heteroatoms. The number of aliphatic hydroxyl groups is 1. The van der Waals surface area contributed by atoms with Crippen LogP contribution in [0.15, 0.2) is 65.8 Å². The van der Waals surface area contributed by atoms with Crippen molar-refractivity contribution in [3.63, 3.8) is 0 Å². The summed E-state index contributed by atoms with van der Waals surface area (Å²) in [7, 11) is 0. The Morgan fingerprint density at radius 3 is 2.11 bits per heavy atom. The van der Waals surface area contributed by atoms with Gasteiger partial charge in [-0.05, 0) is 54.5 Å². The number of aliphatic hydroxyl groups excluding tert-OH is 1. The number of allylic oxidation sites excluding steroid dienone is 4. The molecular weight excluding hydrogens is 338 g/mol. The van der Waals surface area contributed by atoms with Crippen molar-refractivity contribution in [2.24, 2.45) is 0 Å². The fourth-order valence-electron chi connectivity index (χ4n) is 3.08. The van der Waals surface area contributed by atoms with E-state index in [4.69, 9.17) is 14.6 Å². The Balaban J connectivity index is 1.67. The minimum Gasteiger partial charge on any atom is -0.485 e. The highest BCUT2D eigenvalue weighted by Gasteiger charge is 2.10. The predicted octanol–water partition coefficient (Wildman–Crippen LogP) is 4.08. The van der Waals surface area contributed by atoms with E-state index in [2.05, 4.69) is 41.8 Å². The summed E-state index contributed by atoms with van der Waals surface area (Å²) in [5, 5.41) is 12.1. The Morgan fingerprint density at radius 2 is 1.52 bits per heavy atom. The van der Waals surface area contributed by atoms with Crippen LogP contribution in [0.4, 0.5) is 0 Å². The first-order chi connectivity index (χ1) is 13.3. The van der Waals surface area contributed by atoms with Crippen molar-refractivity contribution in [2.45, 2.75) is 32.2 Å². The fraction of sp³-hybridized carbons (Fsp3) is 0.391. The maximum absolute atomic E-state index is 8.93. The van der Waals surface area contributed by atoms with E-state index >= 15 is 0 Å². The molecule has 0 spiro atoms. The second kappa shape index (κ2) is 10.8. The zero-order valence-electron chi connectivity index (χ0n) is 15.8. The van der Waals surface area contributed by atoms with E-state index in [1.165, 1.54) is 11.1 Å². The van der Waals surface area contributed by atoms with E-state index in [1.54, 1.807) is 0 Å². The number of benzene rings is 1. The molecule has 4 nitrogen and oxygen atoms in total. The van der Waals surface area contributed by atoms with E-state index in [9.17, 15) is 0 Å². The third kappa shape index (κ3) is 6.42. The van der Waals surface area contributed by atoms with Crippen molar-refractivity contribution in [3.05, 3.63) is 71.4 Å². The molecule has 1 aromatic rings. The van der Waals surface area contributed by atoms with Crippen LogP contribution in [-0.2, 0) is 6.54 Å². The molecule has 2 N–H and O–H groups in total. The molecule has 0 saturated carbocycles. The molecule has 0 saturated heterocycles. The van der Waals surface area contributed by atoms with Gasteiger partial charge in [-0.25, -0.2) is 0 Å². The summed E-state index contributed by atoms with van der Waals surface area (Å²) in [6.45, 7) is 2.49. The number of rotatable bonds is 10. The van der Waals surface area contributed by atoms with Gasteiger partial charge in [-0.3, -0.25) is 0 Å². The van der Waals surface area contributed by atoms with Crippen LogP contribution in [0.3, 0.4) is 0 Å². The summed E-state index contributed by atoms with van der Waals surface area (Å²) in [4.78, 5) is 0. The van der Waals surface area contributed by atoms with Gasteiger partial charge in [-0.15, -0.1) is 0 Å². The summed E-state index contributed by atoms with van der Waals surface area (Å²) in [6, 6.07) is 6.04. The molecule has 0 amide bonds. The van der Waals surface area contributed by atoms with Crippen LogP contribution in [0.25, 0.3) is 0 Å². The first-order valence-corrected chi connectivity index (χ1v) is 9.76. The minimum absolute atomic E-state index is 0.133. The van der Waals surface area contributed by atoms with Crippen LogP contribution in [0.1, 0.15) is 31.2 Å². The van der Waals surface area contributed by atoms with Gasteiger partial charge >= 0.3 is 0 Å². The van der Waals surface area contributed by atoms with Crippen LogP contribution in [-0.4, -0.2) is 31.5 Å². The van der Waals surface area contributed by atoms with Crippen molar-refractivity contribution >= 4 is 0 Å².